The Morgan fingerprint density at radius 1 is 0.484 bits per heavy atom. The molecule has 0 N–H and O–H groups in total. The van der Waals surface area contributed by atoms with E-state index >= 15 is 0 Å². The maximum atomic E-state index is 12.8. The summed E-state index contributed by atoms with van der Waals surface area (Å²) in [6, 6.07) is -0.728. The van der Waals surface area contributed by atoms with Crippen LogP contribution in [0.4, 0.5) is 0 Å². The number of hydrogen-bond acceptors (Lipinski definition) is 7. The summed E-state index contributed by atoms with van der Waals surface area (Å²) in [4.78, 5) is 37.1. The lowest BCUT2D eigenvalue weighted by molar-refractivity contribution is -0.889. The molecule has 0 amide bonds. The van der Waals surface area contributed by atoms with E-state index in [0.717, 1.165) is 77.0 Å². The van der Waals surface area contributed by atoms with Crippen LogP contribution in [-0.4, -0.2) is 75.5 Å². The third-order valence-corrected chi connectivity index (χ3v) is 12.0. The second-order valence-corrected chi connectivity index (χ2v) is 19.1. The Bertz CT molecular complexity index is 1190. The molecule has 0 aliphatic carbocycles. The van der Waals surface area contributed by atoms with E-state index in [1.54, 1.807) is 21.1 Å². The van der Waals surface area contributed by atoms with Gasteiger partial charge in [0, 0.05) is 19.3 Å². The fourth-order valence-electron chi connectivity index (χ4n) is 7.89. The number of allylic oxidation sites excluding steroid dienone is 8. The number of ether oxygens (including phenoxy) is 3. The number of rotatable bonds is 48. The van der Waals surface area contributed by atoms with E-state index in [1.807, 2.05) is 0 Å². The third kappa shape index (κ3) is 44.5. The van der Waals surface area contributed by atoms with Crippen molar-refractivity contribution in [3.05, 3.63) is 48.6 Å². The van der Waals surface area contributed by atoms with Gasteiger partial charge >= 0.3 is 11.9 Å². The van der Waals surface area contributed by atoms with Crippen molar-refractivity contribution >= 4 is 17.9 Å². The summed E-state index contributed by atoms with van der Waals surface area (Å²) in [6.45, 7) is 4.57. The van der Waals surface area contributed by atoms with Gasteiger partial charge in [-0.25, -0.2) is 0 Å². The minimum absolute atomic E-state index is 0.0378. The molecule has 64 heavy (non-hydrogen) atoms. The lowest BCUT2D eigenvalue weighted by atomic mass is 10.0. The van der Waals surface area contributed by atoms with Gasteiger partial charge in [0.25, 0.3) is 0 Å². The quantitative estimate of drug-likeness (QED) is 0.0259. The minimum Gasteiger partial charge on any atom is -0.544 e. The van der Waals surface area contributed by atoms with Crippen molar-refractivity contribution < 1.29 is 38.2 Å². The Balaban J connectivity index is 4.22. The molecule has 0 aliphatic rings. The molecule has 8 heteroatoms. The van der Waals surface area contributed by atoms with Gasteiger partial charge in [0.2, 0.25) is 0 Å². The molecule has 0 aromatic heterocycles. The van der Waals surface area contributed by atoms with Crippen molar-refractivity contribution in [3.8, 4) is 0 Å². The summed E-state index contributed by atoms with van der Waals surface area (Å²) < 4.78 is 17.3. The molecular weight excluding hydrogens is 799 g/mol. The number of carboxylic acids is 1. The van der Waals surface area contributed by atoms with Crippen molar-refractivity contribution in [2.24, 2.45) is 0 Å². The van der Waals surface area contributed by atoms with Crippen molar-refractivity contribution in [3.63, 3.8) is 0 Å². The van der Waals surface area contributed by atoms with Crippen molar-refractivity contribution in [2.75, 3.05) is 41.0 Å². The first-order chi connectivity index (χ1) is 31.1. The zero-order valence-corrected chi connectivity index (χ0v) is 42.4. The molecule has 0 saturated carbocycles. The van der Waals surface area contributed by atoms with E-state index in [2.05, 4.69) is 62.5 Å². The zero-order chi connectivity index (χ0) is 47.0. The highest BCUT2D eigenvalue weighted by Crippen LogP contribution is 2.16. The summed E-state index contributed by atoms with van der Waals surface area (Å²) >= 11 is 0. The van der Waals surface area contributed by atoms with Crippen molar-refractivity contribution in [1.82, 2.24) is 0 Å². The normalized spacial score (nSPS) is 13.2. The highest BCUT2D eigenvalue weighted by molar-refractivity contribution is 5.70. The number of aliphatic carboxylic acids is 1. The van der Waals surface area contributed by atoms with Crippen LogP contribution in [0.1, 0.15) is 239 Å². The average Bonchev–Trinajstić information content (AvgIpc) is 3.26. The summed E-state index contributed by atoms with van der Waals surface area (Å²) in [6.07, 6.45) is 57.1. The van der Waals surface area contributed by atoms with E-state index in [1.165, 1.54) is 128 Å². The number of carbonyl (C=O) groups excluding carboxylic acids is 3. The Hall–Kier alpha value is -2.71. The van der Waals surface area contributed by atoms with Crippen molar-refractivity contribution in [1.29, 1.82) is 0 Å². The molecule has 0 aromatic carbocycles. The molecule has 8 nitrogen and oxygen atoms in total. The third-order valence-electron chi connectivity index (χ3n) is 12.0. The number of quaternary nitrogens is 1. The monoisotopic (exact) mass is 900 g/mol. The molecule has 0 saturated heterocycles. The van der Waals surface area contributed by atoms with E-state index < -0.39 is 18.1 Å². The molecular formula is C56H101NO7. The molecule has 2 unspecified atom stereocenters. The van der Waals surface area contributed by atoms with Gasteiger partial charge in [-0.15, -0.1) is 0 Å². The van der Waals surface area contributed by atoms with Crippen LogP contribution in [0.2, 0.25) is 0 Å². The van der Waals surface area contributed by atoms with Gasteiger partial charge in [0.1, 0.15) is 12.6 Å². The lowest BCUT2D eigenvalue weighted by Crippen LogP contribution is -2.55. The first-order valence-corrected chi connectivity index (χ1v) is 26.7. The van der Waals surface area contributed by atoms with Gasteiger partial charge in [0.15, 0.2) is 6.10 Å². The number of likely N-dealkylation sites (N-methyl/N-ethyl adjacent to an activating group) is 1. The molecule has 372 valence electrons. The molecule has 0 bridgehead atoms. The maximum Gasteiger partial charge on any atom is 0.306 e. The van der Waals surface area contributed by atoms with Crippen LogP contribution in [-0.2, 0) is 28.6 Å². The second-order valence-electron chi connectivity index (χ2n) is 19.1. The Labute approximate surface area is 395 Å². The maximum absolute atomic E-state index is 12.8. The molecule has 0 spiro atoms. The highest BCUT2D eigenvalue weighted by Gasteiger charge is 2.25. The topological polar surface area (TPSA) is 102 Å². The van der Waals surface area contributed by atoms with Gasteiger partial charge in [-0.1, -0.05) is 217 Å². The van der Waals surface area contributed by atoms with E-state index in [4.69, 9.17) is 14.2 Å². The largest absolute Gasteiger partial charge is 0.544 e. The molecule has 0 aliphatic heterocycles. The fourth-order valence-corrected chi connectivity index (χ4v) is 7.89. The highest BCUT2D eigenvalue weighted by atomic mass is 16.6. The minimum atomic E-state index is -1.13. The van der Waals surface area contributed by atoms with Crippen LogP contribution >= 0.6 is 0 Å². The summed E-state index contributed by atoms with van der Waals surface area (Å²) in [5, 5.41) is 11.7. The molecule has 0 heterocycles. The smallest absolute Gasteiger partial charge is 0.306 e. The summed E-state index contributed by atoms with van der Waals surface area (Å²) in [7, 11) is 5.42. The van der Waals surface area contributed by atoms with E-state index in [9.17, 15) is 19.5 Å². The number of esters is 2. The molecule has 0 aromatic rings. The van der Waals surface area contributed by atoms with Crippen molar-refractivity contribution in [2.45, 2.75) is 251 Å². The van der Waals surface area contributed by atoms with E-state index in [-0.39, 0.29) is 42.7 Å². The Morgan fingerprint density at radius 2 is 0.875 bits per heavy atom. The van der Waals surface area contributed by atoms with Gasteiger partial charge in [-0.05, 0) is 51.4 Å². The van der Waals surface area contributed by atoms with Crippen LogP contribution in [0, 0.1) is 0 Å². The van der Waals surface area contributed by atoms with E-state index in [0.29, 0.717) is 12.8 Å². The van der Waals surface area contributed by atoms with Gasteiger partial charge in [-0.2, -0.15) is 0 Å². The number of unbranched alkanes of at least 4 members (excludes halogenated alkanes) is 26. The average molecular weight is 900 g/mol. The first-order valence-electron chi connectivity index (χ1n) is 26.7. The predicted octanol–water partition coefficient (Wildman–Crippen LogP) is 14.2. The number of nitrogens with zero attached hydrogens (tertiary/aromatic N) is 1. The van der Waals surface area contributed by atoms with Crippen LogP contribution in [0.5, 0.6) is 0 Å². The number of carbonyl (C=O) groups is 3. The summed E-state index contributed by atoms with van der Waals surface area (Å²) in [5.74, 6) is -1.74. The van der Waals surface area contributed by atoms with Gasteiger partial charge < -0.3 is 28.6 Å². The number of carboxylic acid groups (broad SMARTS) is 1. The Morgan fingerprint density at radius 3 is 1.30 bits per heavy atom. The molecule has 0 rings (SSSR count). The summed E-state index contributed by atoms with van der Waals surface area (Å²) in [5.41, 5.74) is 0. The molecule has 0 fully saturated rings. The van der Waals surface area contributed by atoms with Gasteiger partial charge in [-0.3, -0.25) is 9.59 Å². The van der Waals surface area contributed by atoms with Crippen LogP contribution < -0.4 is 5.11 Å². The standard InChI is InChI=1S/C56H101NO7/c1-6-8-10-12-14-16-18-20-22-24-26-28-30-32-34-36-38-40-42-44-46-54(58)63-51-52(50-62-49-48-53(56(60)61)57(3,4)5)64-55(59)47-45-43-41-39-37-35-33-31-29-27-25-23-21-19-17-15-13-11-9-7-2/h9,11,15,17,21,23,27,29,52-53H,6-8,10,12-14,16,18-20,22,24-26,28,30-51H2,1-5H3/b11-9+,17-15+,23-21+,29-27+. The van der Waals surface area contributed by atoms with Gasteiger partial charge in [0.05, 0.1) is 40.3 Å². The Kier molecular flexibility index (Phi) is 44.8. The van der Waals surface area contributed by atoms with Crippen LogP contribution in [0.25, 0.3) is 0 Å². The van der Waals surface area contributed by atoms with Crippen LogP contribution in [0.3, 0.4) is 0 Å². The lowest BCUT2D eigenvalue weighted by Gasteiger charge is -2.34. The predicted molar refractivity (Wildman–Crippen MR) is 268 cm³/mol. The van der Waals surface area contributed by atoms with Crippen LogP contribution in [0.15, 0.2) is 48.6 Å². The fraction of sp³-hybridized carbons (Fsp3) is 0.804. The second kappa shape index (κ2) is 46.8. The zero-order valence-electron chi connectivity index (χ0n) is 42.4. The first kappa shape index (κ1) is 61.3. The SMILES string of the molecule is CC/C=C/C/C=C/C/C=C/C/C=C/CCCCCCCCCC(=O)OC(COCCC(C(=O)[O-])[N+](C)(C)C)COC(=O)CCCCCCCCCCCCCCCCCCCCCC. The number of hydrogen-bond donors (Lipinski definition) is 0. The molecule has 2 atom stereocenters. The molecule has 0 radical (unpaired) electrons.